The highest BCUT2D eigenvalue weighted by molar-refractivity contribution is 7.09. The smallest absolute Gasteiger partial charge is 0.131 e. The summed E-state index contributed by atoms with van der Waals surface area (Å²) in [7, 11) is 0. The molecule has 0 spiro atoms. The van der Waals surface area contributed by atoms with Crippen LogP contribution in [0.15, 0.2) is 23.6 Å². The van der Waals surface area contributed by atoms with E-state index in [9.17, 15) is 0 Å². The van der Waals surface area contributed by atoms with Gasteiger partial charge in [-0.1, -0.05) is 25.4 Å². The SMILES string of the molecule is Cc1cc(OCc2csc(CNCC(C)C)n2)ccc1Cl. The van der Waals surface area contributed by atoms with Gasteiger partial charge in [-0.2, -0.15) is 0 Å². The summed E-state index contributed by atoms with van der Waals surface area (Å²) in [6, 6.07) is 5.68. The maximum Gasteiger partial charge on any atom is 0.131 e. The van der Waals surface area contributed by atoms with E-state index in [1.54, 1.807) is 11.3 Å². The van der Waals surface area contributed by atoms with Crippen LogP contribution in [-0.4, -0.2) is 11.5 Å². The summed E-state index contributed by atoms with van der Waals surface area (Å²) in [5, 5.41) is 7.30. The van der Waals surface area contributed by atoms with E-state index in [2.05, 4.69) is 29.5 Å². The third-order valence-corrected chi connectivity index (χ3v) is 4.27. The van der Waals surface area contributed by atoms with Gasteiger partial charge < -0.3 is 10.1 Å². The fraction of sp³-hybridized carbons (Fsp3) is 0.438. The van der Waals surface area contributed by atoms with Crippen LogP contribution in [0, 0.1) is 12.8 Å². The van der Waals surface area contributed by atoms with E-state index in [4.69, 9.17) is 16.3 Å². The Balaban J connectivity index is 1.83. The van der Waals surface area contributed by atoms with Crippen LogP contribution in [0.3, 0.4) is 0 Å². The summed E-state index contributed by atoms with van der Waals surface area (Å²) in [4.78, 5) is 4.57. The number of nitrogens with zero attached hydrogens (tertiary/aromatic N) is 1. The Hall–Kier alpha value is -1.10. The zero-order valence-corrected chi connectivity index (χ0v) is 14.2. The van der Waals surface area contributed by atoms with E-state index in [-0.39, 0.29) is 0 Å². The van der Waals surface area contributed by atoms with Gasteiger partial charge in [0.2, 0.25) is 0 Å². The summed E-state index contributed by atoms with van der Waals surface area (Å²) in [6.45, 7) is 8.68. The van der Waals surface area contributed by atoms with E-state index in [0.717, 1.165) is 40.1 Å². The van der Waals surface area contributed by atoms with Crippen molar-refractivity contribution in [3.8, 4) is 5.75 Å². The van der Waals surface area contributed by atoms with E-state index >= 15 is 0 Å². The van der Waals surface area contributed by atoms with Crippen molar-refractivity contribution in [2.24, 2.45) is 5.92 Å². The lowest BCUT2D eigenvalue weighted by Crippen LogP contribution is -2.18. The number of nitrogens with one attached hydrogen (secondary N) is 1. The Morgan fingerprint density at radius 2 is 2.19 bits per heavy atom. The van der Waals surface area contributed by atoms with Crippen LogP contribution in [-0.2, 0) is 13.2 Å². The lowest BCUT2D eigenvalue weighted by molar-refractivity contribution is 0.301. The van der Waals surface area contributed by atoms with Crippen molar-refractivity contribution in [1.29, 1.82) is 0 Å². The first kappa shape index (κ1) is 16.3. The largest absolute Gasteiger partial charge is 0.487 e. The molecular formula is C16H21ClN2OS. The Labute approximate surface area is 135 Å². The molecule has 2 rings (SSSR count). The quantitative estimate of drug-likeness (QED) is 0.818. The molecule has 0 aliphatic carbocycles. The lowest BCUT2D eigenvalue weighted by Gasteiger charge is -2.06. The predicted octanol–water partition coefficient (Wildman–Crippen LogP) is 4.43. The van der Waals surface area contributed by atoms with Gasteiger partial charge in [-0.25, -0.2) is 4.98 Å². The van der Waals surface area contributed by atoms with Crippen LogP contribution in [0.25, 0.3) is 0 Å². The van der Waals surface area contributed by atoms with Gasteiger partial charge in [0.15, 0.2) is 0 Å². The minimum Gasteiger partial charge on any atom is -0.487 e. The summed E-state index contributed by atoms with van der Waals surface area (Å²) in [6.07, 6.45) is 0. The molecule has 0 fully saturated rings. The van der Waals surface area contributed by atoms with Gasteiger partial charge in [-0.05, 0) is 43.1 Å². The molecule has 1 N–H and O–H groups in total. The molecule has 114 valence electrons. The summed E-state index contributed by atoms with van der Waals surface area (Å²) < 4.78 is 5.75. The number of aryl methyl sites for hydroxylation is 1. The molecule has 0 saturated carbocycles. The summed E-state index contributed by atoms with van der Waals surface area (Å²) >= 11 is 7.67. The highest BCUT2D eigenvalue weighted by Gasteiger charge is 2.04. The number of aromatic nitrogens is 1. The molecule has 3 nitrogen and oxygen atoms in total. The molecule has 1 heterocycles. The molecule has 1 aromatic heterocycles. The fourth-order valence-electron chi connectivity index (χ4n) is 1.83. The van der Waals surface area contributed by atoms with Crippen LogP contribution in [0.2, 0.25) is 5.02 Å². The van der Waals surface area contributed by atoms with Crippen LogP contribution < -0.4 is 10.1 Å². The zero-order valence-electron chi connectivity index (χ0n) is 12.6. The number of ether oxygens (including phenoxy) is 1. The minimum atomic E-state index is 0.488. The molecular weight excluding hydrogens is 304 g/mol. The second-order valence-corrected chi connectivity index (χ2v) is 6.81. The molecule has 5 heteroatoms. The van der Waals surface area contributed by atoms with Gasteiger partial charge in [0.1, 0.15) is 17.4 Å². The second kappa shape index (κ2) is 7.78. The number of hydrogen-bond donors (Lipinski definition) is 1. The zero-order chi connectivity index (χ0) is 15.2. The van der Waals surface area contributed by atoms with Crippen LogP contribution >= 0.6 is 22.9 Å². The highest BCUT2D eigenvalue weighted by atomic mass is 35.5. The number of hydrogen-bond acceptors (Lipinski definition) is 4. The molecule has 0 aliphatic heterocycles. The summed E-state index contributed by atoms with van der Waals surface area (Å²) in [5.41, 5.74) is 1.99. The van der Waals surface area contributed by atoms with E-state index < -0.39 is 0 Å². The van der Waals surface area contributed by atoms with Crippen LogP contribution in [0.1, 0.15) is 30.1 Å². The van der Waals surface area contributed by atoms with Gasteiger partial charge in [-0.3, -0.25) is 0 Å². The maximum absolute atomic E-state index is 6.00. The molecule has 0 saturated heterocycles. The molecule has 0 atom stereocenters. The van der Waals surface area contributed by atoms with Gasteiger partial charge in [-0.15, -0.1) is 11.3 Å². The molecule has 0 radical (unpaired) electrons. The Bertz CT molecular complexity index is 583. The molecule has 1 aromatic carbocycles. The van der Waals surface area contributed by atoms with Crippen LogP contribution in [0.5, 0.6) is 5.75 Å². The van der Waals surface area contributed by atoms with Crippen molar-refractivity contribution in [1.82, 2.24) is 10.3 Å². The molecule has 0 amide bonds. The first-order valence-electron chi connectivity index (χ1n) is 7.07. The first-order valence-corrected chi connectivity index (χ1v) is 8.33. The van der Waals surface area contributed by atoms with Crippen molar-refractivity contribution in [2.75, 3.05) is 6.54 Å². The topological polar surface area (TPSA) is 34.1 Å². The van der Waals surface area contributed by atoms with Crippen molar-refractivity contribution in [3.05, 3.63) is 44.9 Å². The Kier molecular flexibility index (Phi) is 6.03. The Morgan fingerprint density at radius 3 is 2.90 bits per heavy atom. The average molecular weight is 325 g/mol. The van der Waals surface area contributed by atoms with Gasteiger partial charge in [0.25, 0.3) is 0 Å². The maximum atomic E-state index is 6.00. The van der Waals surface area contributed by atoms with E-state index in [1.807, 2.05) is 25.1 Å². The molecule has 0 aliphatic rings. The monoisotopic (exact) mass is 324 g/mol. The number of thiazole rings is 1. The minimum absolute atomic E-state index is 0.488. The standard InChI is InChI=1S/C16H21ClN2OS/c1-11(2)7-18-8-16-19-13(10-21-16)9-20-14-4-5-15(17)12(3)6-14/h4-6,10-11,18H,7-9H2,1-3H3. The number of rotatable bonds is 7. The molecule has 0 unspecified atom stereocenters. The van der Waals surface area contributed by atoms with Crippen molar-refractivity contribution >= 4 is 22.9 Å². The average Bonchev–Trinajstić information content (AvgIpc) is 2.88. The van der Waals surface area contributed by atoms with E-state index in [0.29, 0.717) is 12.5 Å². The molecule has 21 heavy (non-hydrogen) atoms. The highest BCUT2D eigenvalue weighted by Crippen LogP contribution is 2.22. The van der Waals surface area contributed by atoms with Gasteiger partial charge in [0, 0.05) is 16.9 Å². The normalized spacial score (nSPS) is 11.1. The van der Waals surface area contributed by atoms with Crippen molar-refractivity contribution in [3.63, 3.8) is 0 Å². The fourth-order valence-corrected chi connectivity index (χ4v) is 2.69. The molecule has 0 bridgehead atoms. The summed E-state index contributed by atoms with van der Waals surface area (Å²) in [5.74, 6) is 1.48. The first-order chi connectivity index (χ1) is 10.0. The third-order valence-electron chi connectivity index (χ3n) is 2.94. The molecule has 2 aromatic rings. The number of halogens is 1. The van der Waals surface area contributed by atoms with Gasteiger partial charge >= 0.3 is 0 Å². The van der Waals surface area contributed by atoms with E-state index in [1.165, 1.54) is 0 Å². The van der Waals surface area contributed by atoms with Gasteiger partial charge in [0.05, 0.1) is 5.69 Å². The van der Waals surface area contributed by atoms with Crippen molar-refractivity contribution < 1.29 is 4.74 Å². The third kappa shape index (κ3) is 5.30. The Morgan fingerprint density at radius 1 is 1.38 bits per heavy atom. The lowest BCUT2D eigenvalue weighted by atomic mass is 10.2. The second-order valence-electron chi connectivity index (χ2n) is 5.46. The number of benzene rings is 1. The van der Waals surface area contributed by atoms with Crippen molar-refractivity contribution in [2.45, 2.75) is 33.9 Å². The van der Waals surface area contributed by atoms with Crippen LogP contribution in [0.4, 0.5) is 0 Å². The predicted molar refractivity (Wildman–Crippen MR) is 89.2 cm³/mol.